The number of aromatic nitrogens is 2. The summed E-state index contributed by atoms with van der Waals surface area (Å²) >= 11 is 1.34. The molecule has 0 saturated carbocycles. The Labute approximate surface area is 127 Å². The zero-order valence-electron chi connectivity index (χ0n) is 12.2. The number of nitrogens with zero attached hydrogens (tertiary/aromatic N) is 2. The maximum Gasteiger partial charge on any atom is 0.340 e. The Morgan fingerprint density at radius 2 is 1.95 bits per heavy atom. The lowest BCUT2D eigenvalue weighted by Gasteiger charge is -2.09. The second-order valence-corrected chi connectivity index (χ2v) is 5.48. The van der Waals surface area contributed by atoms with E-state index in [0.717, 1.165) is 16.3 Å². The Morgan fingerprint density at radius 1 is 1.29 bits per heavy atom. The number of benzene rings is 1. The highest BCUT2D eigenvalue weighted by atomic mass is 32.2. The van der Waals surface area contributed by atoms with Crippen LogP contribution < -0.4 is 5.73 Å². The third-order valence-electron chi connectivity index (χ3n) is 2.72. The molecule has 21 heavy (non-hydrogen) atoms. The van der Waals surface area contributed by atoms with Crippen molar-refractivity contribution >= 4 is 23.4 Å². The summed E-state index contributed by atoms with van der Waals surface area (Å²) in [4.78, 5) is 21.3. The fraction of sp³-hybridized carbons (Fsp3) is 0.267. The Bertz CT molecular complexity index is 654. The van der Waals surface area contributed by atoms with E-state index in [0.29, 0.717) is 23.0 Å². The summed E-state index contributed by atoms with van der Waals surface area (Å²) in [5.41, 5.74) is 8.61. The molecule has 2 N–H and O–H groups in total. The van der Waals surface area contributed by atoms with E-state index < -0.39 is 5.97 Å². The van der Waals surface area contributed by atoms with Crippen molar-refractivity contribution in [2.75, 3.05) is 12.3 Å². The minimum absolute atomic E-state index is 0.315. The summed E-state index contributed by atoms with van der Waals surface area (Å²) in [6.45, 7) is 5.90. The summed E-state index contributed by atoms with van der Waals surface area (Å²) < 4.78 is 4.99. The maximum absolute atomic E-state index is 11.8. The van der Waals surface area contributed by atoms with Gasteiger partial charge < -0.3 is 10.5 Å². The van der Waals surface area contributed by atoms with Gasteiger partial charge in [0.15, 0.2) is 5.16 Å². The van der Waals surface area contributed by atoms with Crippen LogP contribution in [-0.4, -0.2) is 22.5 Å². The Hall–Kier alpha value is -2.08. The molecule has 1 heterocycles. The average molecular weight is 303 g/mol. The molecule has 1 aromatic carbocycles. The average Bonchev–Trinajstić information content (AvgIpc) is 2.40. The lowest BCUT2D eigenvalue weighted by Crippen LogP contribution is -2.08. The standard InChI is InChI=1S/C15H17N3O2S/c1-4-20-14(19)11-6-5-7-12(13(11)16)21-15-17-9(2)8-10(3)18-15/h5-8H,4,16H2,1-3H3. The molecule has 0 saturated heterocycles. The number of ether oxygens (including phenoxy) is 1. The minimum atomic E-state index is -0.418. The van der Waals surface area contributed by atoms with E-state index in [1.165, 1.54) is 11.8 Å². The molecule has 0 unspecified atom stereocenters. The predicted octanol–water partition coefficient (Wildman–Crippen LogP) is 3.00. The van der Waals surface area contributed by atoms with E-state index in [2.05, 4.69) is 9.97 Å². The molecule has 0 aliphatic carbocycles. The van der Waals surface area contributed by atoms with Gasteiger partial charge in [-0.25, -0.2) is 14.8 Å². The van der Waals surface area contributed by atoms with Crippen molar-refractivity contribution in [3.05, 3.63) is 41.2 Å². The van der Waals surface area contributed by atoms with Crippen LogP contribution in [-0.2, 0) is 4.74 Å². The summed E-state index contributed by atoms with van der Waals surface area (Å²) in [7, 11) is 0. The number of hydrogen-bond donors (Lipinski definition) is 1. The summed E-state index contributed by atoms with van der Waals surface area (Å²) in [5, 5.41) is 0.611. The van der Waals surface area contributed by atoms with Gasteiger partial charge in [0.1, 0.15) is 0 Å². The molecular formula is C15H17N3O2S. The predicted molar refractivity (Wildman–Crippen MR) is 82.4 cm³/mol. The van der Waals surface area contributed by atoms with Gasteiger partial charge in [0.2, 0.25) is 0 Å². The largest absolute Gasteiger partial charge is 0.462 e. The van der Waals surface area contributed by atoms with E-state index in [9.17, 15) is 4.79 Å². The third kappa shape index (κ3) is 3.72. The first-order valence-electron chi connectivity index (χ1n) is 6.57. The molecule has 110 valence electrons. The Balaban J connectivity index is 2.32. The first-order valence-corrected chi connectivity index (χ1v) is 7.38. The van der Waals surface area contributed by atoms with Gasteiger partial charge in [-0.05, 0) is 50.7 Å². The number of carbonyl (C=O) groups is 1. The quantitative estimate of drug-likeness (QED) is 0.531. The summed E-state index contributed by atoms with van der Waals surface area (Å²) in [6.07, 6.45) is 0. The van der Waals surface area contributed by atoms with Gasteiger partial charge in [0.05, 0.1) is 17.9 Å². The minimum Gasteiger partial charge on any atom is -0.462 e. The fourth-order valence-corrected chi connectivity index (χ4v) is 2.80. The fourth-order valence-electron chi connectivity index (χ4n) is 1.86. The van der Waals surface area contributed by atoms with Gasteiger partial charge in [0, 0.05) is 16.3 Å². The van der Waals surface area contributed by atoms with Crippen LogP contribution in [0.1, 0.15) is 28.7 Å². The number of para-hydroxylation sites is 1. The second-order valence-electron chi connectivity index (χ2n) is 4.47. The van der Waals surface area contributed by atoms with Gasteiger partial charge in [-0.2, -0.15) is 0 Å². The van der Waals surface area contributed by atoms with Crippen molar-refractivity contribution in [2.45, 2.75) is 30.8 Å². The number of hydrogen-bond acceptors (Lipinski definition) is 6. The zero-order chi connectivity index (χ0) is 15.4. The highest BCUT2D eigenvalue weighted by molar-refractivity contribution is 7.99. The first kappa shape index (κ1) is 15.3. The molecule has 5 nitrogen and oxygen atoms in total. The van der Waals surface area contributed by atoms with Crippen molar-refractivity contribution in [2.24, 2.45) is 0 Å². The zero-order valence-corrected chi connectivity index (χ0v) is 13.0. The van der Waals surface area contributed by atoms with E-state index in [4.69, 9.17) is 10.5 Å². The molecule has 6 heteroatoms. The van der Waals surface area contributed by atoms with Crippen LogP contribution >= 0.6 is 11.8 Å². The van der Waals surface area contributed by atoms with Gasteiger partial charge >= 0.3 is 5.97 Å². The molecule has 1 aromatic heterocycles. The van der Waals surface area contributed by atoms with Gasteiger partial charge in [-0.1, -0.05) is 6.07 Å². The van der Waals surface area contributed by atoms with E-state index in [-0.39, 0.29) is 0 Å². The number of nitrogen functional groups attached to an aromatic ring is 1. The molecule has 0 amide bonds. The van der Waals surface area contributed by atoms with Crippen LogP contribution in [0.5, 0.6) is 0 Å². The van der Waals surface area contributed by atoms with Crippen molar-refractivity contribution in [3.8, 4) is 0 Å². The smallest absolute Gasteiger partial charge is 0.340 e. The molecule has 0 radical (unpaired) electrons. The molecule has 0 spiro atoms. The summed E-state index contributed by atoms with van der Waals surface area (Å²) in [6, 6.07) is 7.17. The van der Waals surface area contributed by atoms with Gasteiger partial charge in [-0.15, -0.1) is 0 Å². The van der Waals surface area contributed by atoms with Gasteiger partial charge in [-0.3, -0.25) is 0 Å². The second kappa shape index (κ2) is 6.58. The van der Waals surface area contributed by atoms with Crippen molar-refractivity contribution < 1.29 is 9.53 Å². The third-order valence-corrected chi connectivity index (χ3v) is 3.67. The van der Waals surface area contributed by atoms with Crippen LogP contribution in [0.15, 0.2) is 34.3 Å². The molecule has 0 aliphatic rings. The number of esters is 1. The van der Waals surface area contributed by atoms with Crippen LogP contribution in [0.4, 0.5) is 5.69 Å². The van der Waals surface area contributed by atoms with Gasteiger partial charge in [0.25, 0.3) is 0 Å². The van der Waals surface area contributed by atoms with Crippen molar-refractivity contribution in [1.29, 1.82) is 0 Å². The lowest BCUT2D eigenvalue weighted by atomic mass is 10.2. The molecular weight excluding hydrogens is 286 g/mol. The molecule has 0 aliphatic heterocycles. The molecule has 2 aromatic rings. The molecule has 2 rings (SSSR count). The van der Waals surface area contributed by atoms with Crippen LogP contribution in [0.25, 0.3) is 0 Å². The number of nitrogens with two attached hydrogens (primary N) is 1. The van der Waals surface area contributed by atoms with Crippen LogP contribution in [0, 0.1) is 13.8 Å². The van der Waals surface area contributed by atoms with Crippen molar-refractivity contribution in [3.63, 3.8) is 0 Å². The molecule has 0 bridgehead atoms. The van der Waals surface area contributed by atoms with E-state index in [1.54, 1.807) is 19.1 Å². The van der Waals surface area contributed by atoms with E-state index in [1.807, 2.05) is 26.0 Å². The monoisotopic (exact) mass is 303 g/mol. The summed E-state index contributed by atoms with van der Waals surface area (Å²) in [5.74, 6) is -0.418. The number of aryl methyl sites for hydroxylation is 2. The number of carbonyl (C=O) groups excluding carboxylic acids is 1. The van der Waals surface area contributed by atoms with Crippen molar-refractivity contribution in [1.82, 2.24) is 9.97 Å². The number of rotatable bonds is 4. The highest BCUT2D eigenvalue weighted by Crippen LogP contribution is 2.32. The molecule has 0 atom stereocenters. The highest BCUT2D eigenvalue weighted by Gasteiger charge is 2.15. The first-order chi connectivity index (χ1) is 10.0. The lowest BCUT2D eigenvalue weighted by molar-refractivity contribution is 0.0527. The topological polar surface area (TPSA) is 78.1 Å². The normalized spacial score (nSPS) is 10.4. The Morgan fingerprint density at radius 3 is 2.57 bits per heavy atom. The van der Waals surface area contributed by atoms with Crippen LogP contribution in [0.2, 0.25) is 0 Å². The van der Waals surface area contributed by atoms with E-state index >= 15 is 0 Å². The molecule has 0 fully saturated rings. The SMILES string of the molecule is CCOC(=O)c1cccc(Sc2nc(C)cc(C)n2)c1N. The number of anilines is 1. The maximum atomic E-state index is 11.8. The Kier molecular flexibility index (Phi) is 4.80. The van der Waals surface area contributed by atoms with Crippen LogP contribution in [0.3, 0.4) is 0 Å².